The molecule has 1 aromatic heterocycles. The molecular weight excluding hydrogens is 304 g/mol. The first kappa shape index (κ1) is 17.7. The molecule has 6 heteroatoms. The fourth-order valence-electron chi connectivity index (χ4n) is 2.40. The molecule has 0 spiro atoms. The molecule has 0 saturated heterocycles. The minimum absolute atomic E-state index is 0.0158. The fraction of sp³-hybridized carbons (Fsp3) is 0.389. The highest BCUT2D eigenvalue weighted by Gasteiger charge is 2.10. The fourth-order valence-corrected chi connectivity index (χ4v) is 2.40. The number of aryl methyl sites for hydroxylation is 2. The molecule has 6 nitrogen and oxygen atoms in total. The second-order valence-electron chi connectivity index (χ2n) is 5.87. The van der Waals surface area contributed by atoms with Gasteiger partial charge >= 0.3 is 0 Å². The summed E-state index contributed by atoms with van der Waals surface area (Å²) in [5.74, 6) is -0.0891. The van der Waals surface area contributed by atoms with Gasteiger partial charge in [0.25, 0.3) is 0 Å². The third kappa shape index (κ3) is 4.94. The van der Waals surface area contributed by atoms with Gasteiger partial charge in [0.2, 0.25) is 11.8 Å². The number of aromatic amines is 1. The number of amides is 2. The van der Waals surface area contributed by atoms with E-state index in [4.69, 9.17) is 0 Å². The maximum Gasteiger partial charge on any atom is 0.224 e. The summed E-state index contributed by atoms with van der Waals surface area (Å²) >= 11 is 0. The van der Waals surface area contributed by atoms with E-state index >= 15 is 0 Å². The van der Waals surface area contributed by atoms with Crippen LogP contribution in [-0.4, -0.2) is 22.0 Å². The van der Waals surface area contributed by atoms with Crippen LogP contribution in [-0.2, 0) is 16.0 Å². The lowest BCUT2D eigenvalue weighted by Gasteiger charge is -2.13. The first-order chi connectivity index (χ1) is 11.5. The van der Waals surface area contributed by atoms with Crippen molar-refractivity contribution in [1.29, 1.82) is 0 Å². The van der Waals surface area contributed by atoms with Gasteiger partial charge in [-0.15, -0.1) is 0 Å². The molecular formula is C18H24N4O2. The molecule has 1 aromatic carbocycles. The average Bonchev–Trinajstić information content (AvgIpc) is 2.95. The third-order valence-corrected chi connectivity index (χ3v) is 3.73. The molecule has 0 aliphatic heterocycles. The average molecular weight is 328 g/mol. The number of carbonyl (C=O) groups excluding carboxylic acids is 2. The number of benzene rings is 1. The van der Waals surface area contributed by atoms with Gasteiger partial charge in [-0.05, 0) is 44.0 Å². The van der Waals surface area contributed by atoms with E-state index in [9.17, 15) is 9.59 Å². The van der Waals surface area contributed by atoms with Crippen LogP contribution < -0.4 is 10.6 Å². The Balaban J connectivity index is 1.96. The third-order valence-electron chi connectivity index (χ3n) is 3.73. The monoisotopic (exact) mass is 328 g/mol. The Labute approximate surface area is 142 Å². The van der Waals surface area contributed by atoms with E-state index in [0.29, 0.717) is 24.9 Å². The topological polar surface area (TPSA) is 86.9 Å². The van der Waals surface area contributed by atoms with Gasteiger partial charge in [0, 0.05) is 36.3 Å². The molecule has 24 heavy (non-hydrogen) atoms. The summed E-state index contributed by atoms with van der Waals surface area (Å²) in [5, 5.41) is 12.8. The van der Waals surface area contributed by atoms with E-state index in [0.717, 1.165) is 29.1 Å². The number of nitrogens with one attached hydrogen (secondary N) is 3. The highest BCUT2D eigenvalue weighted by Crippen LogP contribution is 2.23. The zero-order valence-electron chi connectivity index (χ0n) is 14.4. The van der Waals surface area contributed by atoms with Crippen LogP contribution in [0.15, 0.2) is 24.3 Å². The quantitative estimate of drug-likeness (QED) is 0.728. The molecule has 0 unspecified atom stereocenters. The summed E-state index contributed by atoms with van der Waals surface area (Å²) in [5.41, 5.74) is 4.16. The molecule has 2 rings (SSSR count). The van der Waals surface area contributed by atoms with Crippen molar-refractivity contribution in [2.75, 3.05) is 10.6 Å². The number of H-pyrrole nitrogens is 1. The second-order valence-corrected chi connectivity index (χ2v) is 5.87. The van der Waals surface area contributed by atoms with Gasteiger partial charge in [0.15, 0.2) is 0 Å². The number of aromatic nitrogens is 2. The van der Waals surface area contributed by atoms with Gasteiger partial charge in [-0.1, -0.05) is 13.0 Å². The number of anilines is 2. The Hall–Kier alpha value is -2.63. The molecule has 0 bridgehead atoms. The van der Waals surface area contributed by atoms with Crippen molar-refractivity contribution in [3.63, 3.8) is 0 Å². The number of nitrogens with zero attached hydrogens (tertiary/aromatic N) is 1. The van der Waals surface area contributed by atoms with Crippen LogP contribution in [0.5, 0.6) is 0 Å². The summed E-state index contributed by atoms with van der Waals surface area (Å²) in [4.78, 5) is 23.9. The van der Waals surface area contributed by atoms with Crippen LogP contribution in [0.2, 0.25) is 0 Å². The highest BCUT2D eigenvalue weighted by atomic mass is 16.2. The van der Waals surface area contributed by atoms with Gasteiger partial charge in [-0.2, -0.15) is 5.10 Å². The minimum Gasteiger partial charge on any atom is -0.326 e. The van der Waals surface area contributed by atoms with E-state index in [-0.39, 0.29) is 11.8 Å². The maximum atomic E-state index is 12.1. The molecule has 3 N–H and O–H groups in total. The second kappa shape index (κ2) is 8.29. The molecule has 0 aliphatic carbocycles. The highest BCUT2D eigenvalue weighted by molar-refractivity contribution is 5.95. The van der Waals surface area contributed by atoms with E-state index in [1.807, 2.05) is 45.0 Å². The largest absolute Gasteiger partial charge is 0.326 e. The molecule has 1 heterocycles. The number of hydrogen-bond donors (Lipinski definition) is 3. The molecule has 0 fully saturated rings. The minimum atomic E-state index is -0.0733. The molecule has 2 aromatic rings. The zero-order chi connectivity index (χ0) is 17.5. The first-order valence-electron chi connectivity index (χ1n) is 8.19. The summed E-state index contributed by atoms with van der Waals surface area (Å²) < 4.78 is 0. The predicted octanol–water partition coefficient (Wildman–Crippen LogP) is 3.34. The summed E-state index contributed by atoms with van der Waals surface area (Å²) in [6, 6.07) is 7.43. The Morgan fingerprint density at radius 2 is 1.71 bits per heavy atom. The van der Waals surface area contributed by atoms with Crippen molar-refractivity contribution in [3.05, 3.63) is 41.2 Å². The Morgan fingerprint density at radius 1 is 1.08 bits per heavy atom. The normalized spacial score (nSPS) is 10.5. The smallest absolute Gasteiger partial charge is 0.224 e. The molecule has 0 radical (unpaired) electrons. The number of hydrogen-bond acceptors (Lipinski definition) is 3. The lowest BCUT2D eigenvalue weighted by Crippen LogP contribution is -2.15. The Kier molecular flexibility index (Phi) is 6.12. The summed E-state index contributed by atoms with van der Waals surface area (Å²) in [6.07, 6.45) is 2.23. The van der Waals surface area contributed by atoms with E-state index in [1.54, 1.807) is 0 Å². The molecule has 0 saturated carbocycles. The zero-order valence-corrected chi connectivity index (χ0v) is 14.4. The molecule has 128 valence electrons. The lowest BCUT2D eigenvalue weighted by molar-refractivity contribution is -0.117. The van der Waals surface area contributed by atoms with Crippen molar-refractivity contribution in [1.82, 2.24) is 10.2 Å². The summed E-state index contributed by atoms with van der Waals surface area (Å²) in [6.45, 7) is 5.77. The van der Waals surface area contributed by atoms with Crippen LogP contribution in [0.1, 0.15) is 43.1 Å². The SMILES string of the molecule is CCCC(=O)Nc1cccc(NC(=O)CCc2cc(C)[nH]n2)c1C. The maximum absolute atomic E-state index is 12.1. The van der Waals surface area contributed by atoms with Crippen LogP contribution in [0.4, 0.5) is 11.4 Å². The van der Waals surface area contributed by atoms with Crippen LogP contribution in [0, 0.1) is 13.8 Å². The number of carbonyl (C=O) groups is 2. The Morgan fingerprint density at radius 3 is 2.25 bits per heavy atom. The van der Waals surface area contributed by atoms with Crippen LogP contribution >= 0.6 is 0 Å². The Bertz CT molecular complexity index is 722. The lowest BCUT2D eigenvalue weighted by atomic mass is 10.1. The molecule has 2 amide bonds. The summed E-state index contributed by atoms with van der Waals surface area (Å²) in [7, 11) is 0. The van der Waals surface area contributed by atoms with Gasteiger partial charge in [-0.25, -0.2) is 0 Å². The van der Waals surface area contributed by atoms with Crippen molar-refractivity contribution < 1.29 is 9.59 Å². The van der Waals surface area contributed by atoms with Crippen molar-refractivity contribution in [2.24, 2.45) is 0 Å². The van der Waals surface area contributed by atoms with E-state index in [2.05, 4.69) is 20.8 Å². The van der Waals surface area contributed by atoms with Gasteiger partial charge in [0.05, 0.1) is 5.69 Å². The standard InChI is InChI=1S/C18H24N4O2/c1-4-6-17(23)19-15-7-5-8-16(13(15)3)20-18(24)10-9-14-11-12(2)21-22-14/h5,7-8,11H,4,6,9-10H2,1-3H3,(H,19,23)(H,20,24)(H,21,22). The van der Waals surface area contributed by atoms with E-state index < -0.39 is 0 Å². The number of rotatable bonds is 7. The van der Waals surface area contributed by atoms with Crippen molar-refractivity contribution in [2.45, 2.75) is 46.5 Å². The predicted molar refractivity (Wildman–Crippen MR) is 95.0 cm³/mol. The van der Waals surface area contributed by atoms with Crippen molar-refractivity contribution >= 4 is 23.2 Å². The van der Waals surface area contributed by atoms with Gasteiger partial charge < -0.3 is 10.6 Å². The molecule has 0 atom stereocenters. The van der Waals surface area contributed by atoms with Crippen molar-refractivity contribution in [3.8, 4) is 0 Å². The van der Waals surface area contributed by atoms with Gasteiger partial charge in [0.1, 0.15) is 0 Å². The van der Waals surface area contributed by atoms with E-state index in [1.165, 1.54) is 0 Å². The first-order valence-corrected chi connectivity index (χ1v) is 8.19. The molecule has 0 aliphatic rings. The van der Waals surface area contributed by atoms with Gasteiger partial charge in [-0.3, -0.25) is 14.7 Å². The van der Waals surface area contributed by atoms with Crippen LogP contribution in [0.3, 0.4) is 0 Å². The van der Waals surface area contributed by atoms with Crippen LogP contribution in [0.25, 0.3) is 0 Å².